The third kappa shape index (κ3) is 2.55. The predicted molar refractivity (Wildman–Crippen MR) is 58.3 cm³/mol. The SMILES string of the molecule is Cc1ccc(CN2CCN(C(=O)O)CC2)o1. The number of nitrogens with zero attached hydrogens (tertiary/aromatic N) is 2. The highest BCUT2D eigenvalue weighted by Crippen LogP contribution is 2.11. The maximum absolute atomic E-state index is 10.7. The lowest BCUT2D eigenvalue weighted by molar-refractivity contribution is 0.0997. The van der Waals surface area contributed by atoms with Gasteiger partial charge in [0.2, 0.25) is 0 Å². The molecule has 0 bridgehead atoms. The highest BCUT2D eigenvalue weighted by molar-refractivity contribution is 5.65. The average Bonchev–Trinajstić information content (AvgIpc) is 2.65. The molecule has 5 heteroatoms. The number of amides is 1. The van der Waals surface area contributed by atoms with Crippen molar-refractivity contribution in [2.24, 2.45) is 0 Å². The number of rotatable bonds is 2. The first-order chi connectivity index (χ1) is 7.65. The number of hydrogen-bond acceptors (Lipinski definition) is 3. The van der Waals surface area contributed by atoms with Gasteiger partial charge < -0.3 is 14.4 Å². The Hall–Kier alpha value is -1.49. The fraction of sp³-hybridized carbons (Fsp3) is 0.545. The summed E-state index contributed by atoms with van der Waals surface area (Å²) in [5, 5.41) is 8.81. The minimum Gasteiger partial charge on any atom is -0.465 e. The summed E-state index contributed by atoms with van der Waals surface area (Å²) in [6.45, 7) is 5.38. The molecule has 0 aliphatic carbocycles. The first-order valence-corrected chi connectivity index (χ1v) is 5.40. The van der Waals surface area contributed by atoms with Crippen LogP contribution in [-0.2, 0) is 6.54 Å². The minimum absolute atomic E-state index is 0.578. The zero-order chi connectivity index (χ0) is 11.5. The zero-order valence-corrected chi connectivity index (χ0v) is 9.35. The molecule has 0 saturated carbocycles. The zero-order valence-electron chi connectivity index (χ0n) is 9.35. The molecule has 2 heterocycles. The van der Waals surface area contributed by atoms with Crippen molar-refractivity contribution in [3.05, 3.63) is 23.7 Å². The fourth-order valence-electron chi connectivity index (χ4n) is 1.89. The van der Waals surface area contributed by atoms with E-state index in [0.29, 0.717) is 13.1 Å². The van der Waals surface area contributed by atoms with E-state index in [4.69, 9.17) is 9.52 Å². The maximum Gasteiger partial charge on any atom is 0.407 e. The van der Waals surface area contributed by atoms with Crippen molar-refractivity contribution in [3.63, 3.8) is 0 Å². The summed E-state index contributed by atoms with van der Waals surface area (Å²) in [7, 11) is 0. The van der Waals surface area contributed by atoms with E-state index in [9.17, 15) is 4.79 Å². The van der Waals surface area contributed by atoms with Gasteiger partial charge in [-0.1, -0.05) is 0 Å². The van der Waals surface area contributed by atoms with Crippen molar-refractivity contribution in [2.45, 2.75) is 13.5 Å². The van der Waals surface area contributed by atoms with Crippen LogP contribution in [0.15, 0.2) is 16.5 Å². The van der Waals surface area contributed by atoms with Crippen LogP contribution in [0.2, 0.25) is 0 Å². The molecule has 88 valence electrons. The summed E-state index contributed by atoms with van der Waals surface area (Å²) in [5.74, 6) is 1.86. The van der Waals surface area contributed by atoms with Crippen LogP contribution in [0.4, 0.5) is 4.79 Å². The van der Waals surface area contributed by atoms with E-state index >= 15 is 0 Å². The van der Waals surface area contributed by atoms with E-state index in [0.717, 1.165) is 31.2 Å². The van der Waals surface area contributed by atoms with E-state index < -0.39 is 6.09 Å². The smallest absolute Gasteiger partial charge is 0.407 e. The second-order valence-corrected chi connectivity index (χ2v) is 4.06. The van der Waals surface area contributed by atoms with Gasteiger partial charge in [0.25, 0.3) is 0 Å². The lowest BCUT2D eigenvalue weighted by Gasteiger charge is -2.32. The quantitative estimate of drug-likeness (QED) is 0.824. The summed E-state index contributed by atoms with van der Waals surface area (Å²) < 4.78 is 5.49. The Morgan fingerprint density at radius 1 is 1.38 bits per heavy atom. The molecule has 16 heavy (non-hydrogen) atoms. The van der Waals surface area contributed by atoms with Gasteiger partial charge in [0.15, 0.2) is 0 Å². The normalized spacial score (nSPS) is 17.7. The molecule has 5 nitrogen and oxygen atoms in total. The second kappa shape index (κ2) is 4.57. The Balaban J connectivity index is 1.83. The largest absolute Gasteiger partial charge is 0.465 e. The standard InChI is InChI=1S/C11H16N2O3/c1-9-2-3-10(16-9)8-12-4-6-13(7-5-12)11(14)15/h2-3H,4-8H2,1H3,(H,14,15). The van der Waals surface area contributed by atoms with E-state index in [2.05, 4.69) is 4.90 Å². The van der Waals surface area contributed by atoms with Crippen molar-refractivity contribution in [3.8, 4) is 0 Å². The van der Waals surface area contributed by atoms with Crippen LogP contribution in [0.5, 0.6) is 0 Å². The number of aryl methyl sites for hydroxylation is 1. The molecule has 1 saturated heterocycles. The van der Waals surface area contributed by atoms with Gasteiger partial charge in [0, 0.05) is 26.2 Å². The summed E-state index contributed by atoms with van der Waals surface area (Å²) in [6, 6.07) is 3.92. The Bertz CT molecular complexity index is 367. The van der Waals surface area contributed by atoms with Crippen LogP contribution < -0.4 is 0 Å². The summed E-state index contributed by atoms with van der Waals surface area (Å²) in [5.41, 5.74) is 0. The van der Waals surface area contributed by atoms with E-state index in [1.807, 2.05) is 19.1 Å². The Morgan fingerprint density at radius 3 is 2.56 bits per heavy atom. The number of carboxylic acid groups (broad SMARTS) is 1. The Labute approximate surface area is 94.2 Å². The summed E-state index contributed by atoms with van der Waals surface area (Å²) >= 11 is 0. The van der Waals surface area contributed by atoms with Gasteiger partial charge in [0.05, 0.1) is 6.54 Å². The monoisotopic (exact) mass is 224 g/mol. The third-order valence-electron chi connectivity index (χ3n) is 2.82. The molecule has 0 unspecified atom stereocenters. The Kier molecular flexibility index (Phi) is 3.14. The van der Waals surface area contributed by atoms with Crippen LogP contribution >= 0.6 is 0 Å². The first kappa shape index (κ1) is 11.0. The van der Waals surface area contributed by atoms with E-state index in [-0.39, 0.29) is 0 Å². The first-order valence-electron chi connectivity index (χ1n) is 5.40. The van der Waals surface area contributed by atoms with Gasteiger partial charge >= 0.3 is 6.09 Å². The number of carbonyl (C=O) groups is 1. The second-order valence-electron chi connectivity index (χ2n) is 4.06. The van der Waals surface area contributed by atoms with Gasteiger partial charge in [-0.25, -0.2) is 4.79 Å². The maximum atomic E-state index is 10.7. The van der Waals surface area contributed by atoms with Gasteiger partial charge in [-0.15, -0.1) is 0 Å². The molecule has 0 radical (unpaired) electrons. The van der Waals surface area contributed by atoms with Crippen molar-refractivity contribution in [2.75, 3.05) is 26.2 Å². The molecule has 1 N–H and O–H groups in total. The van der Waals surface area contributed by atoms with Crippen LogP contribution in [0.1, 0.15) is 11.5 Å². The highest BCUT2D eigenvalue weighted by atomic mass is 16.4. The lowest BCUT2D eigenvalue weighted by atomic mass is 10.3. The molecule has 1 aliphatic heterocycles. The number of hydrogen-bond donors (Lipinski definition) is 1. The topological polar surface area (TPSA) is 56.9 Å². The van der Waals surface area contributed by atoms with Gasteiger partial charge in [0.1, 0.15) is 11.5 Å². The molecule has 1 aromatic heterocycles. The predicted octanol–water partition coefficient (Wildman–Crippen LogP) is 1.38. The lowest BCUT2D eigenvalue weighted by Crippen LogP contribution is -2.47. The summed E-state index contributed by atoms with van der Waals surface area (Å²) in [6.07, 6.45) is -0.825. The van der Waals surface area contributed by atoms with Crippen LogP contribution in [0.3, 0.4) is 0 Å². The fourth-order valence-corrected chi connectivity index (χ4v) is 1.89. The highest BCUT2D eigenvalue weighted by Gasteiger charge is 2.20. The average molecular weight is 224 g/mol. The molecule has 1 fully saturated rings. The number of piperazine rings is 1. The third-order valence-corrected chi connectivity index (χ3v) is 2.82. The van der Waals surface area contributed by atoms with Crippen molar-refractivity contribution < 1.29 is 14.3 Å². The van der Waals surface area contributed by atoms with Crippen molar-refractivity contribution in [1.82, 2.24) is 9.80 Å². The molecular formula is C11H16N2O3. The molecule has 2 rings (SSSR count). The molecule has 0 spiro atoms. The van der Waals surface area contributed by atoms with Crippen LogP contribution in [-0.4, -0.2) is 47.2 Å². The van der Waals surface area contributed by atoms with Gasteiger partial charge in [-0.2, -0.15) is 0 Å². The van der Waals surface area contributed by atoms with Gasteiger partial charge in [-0.3, -0.25) is 4.90 Å². The minimum atomic E-state index is -0.825. The van der Waals surface area contributed by atoms with Crippen LogP contribution in [0, 0.1) is 6.92 Å². The molecular weight excluding hydrogens is 208 g/mol. The Morgan fingerprint density at radius 2 is 2.06 bits per heavy atom. The van der Waals surface area contributed by atoms with Crippen molar-refractivity contribution in [1.29, 1.82) is 0 Å². The van der Waals surface area contributed by atoms with Crippen molar-refractivity contribution >= 4 is 6.09 Å². The van der Waals surface area contributed by atoms with E-state index in [1.54, 1.807) is 0 Å². The molecule has 1 aromatic rings. The summed E-state index contributed by atoms with van der Waals surface area (Å²) in [4.78, 5) is 14.4. The van der Waals surface area contributed by atoms with Crippen LogP contribution in [0.25, 0.3) is 0 Å². The molecule has 0 aromatic carbocycles. The molecule has 1 amide bonds. The van der Waals surface area contributed by atoms with E-state index in [1.165, 1.54) is 4.90 Å². The molecule has 1 aliphatic rings. The number of furan rings is 1. The molecule has 0 atom stereocenters. The van der Waals surface area contributed by atoms with Gasteiger partial charge in [-0.05, 0) is 19.1 Å².